The Hall–Kier alpha value is -2.32. The SMILES string of the molecule is C=CC[n+]1c(-c2ccc(OC)cc2)csc1Nc1cccc(C(F)(F)F)c1.[Br-]. The van der Waals surface area contributed by atoms with E-state index in [1.54, 1.807) is 19.3 Å². The smallest absolute Gasteiger partial charge is 0.416 e. The largest absolute Gasteiger partial charge is 1.00 e. The minimum atomic E-state index is -4.38. The normalized spacial score (nSPS) is 10.9. The number of nitrogens with one attached hydrogen (secondary N) is 1. The van der Waals surface area contributed by atoms with Crippen LogP contribution in [0, 0.1) is 0 Å². The summed E-state index contributed by atoms with van der Waals surface area (Å²) in [6.07, 6.45) is -2.63. The molecule has 28 heavy (non-hydrogen) atoms. The number of thiazole rings is 1. The summed E-state index contributed by atoms with van der Waals surface area (Å²) >= 11 is 1.42. The molecule has 0 aliphatic rings. The molecule has 2 aromatic carbocycles. The van der Waals surface area contributed by atoms with Crippen LogP contribution in [0.1, 0.15) is 5.56 Å². The number of halogens is 4. The first kappa shape index (κ1) is 22.0. The van der Waals surface area contributed by atoms with Gasteiger partial charge in [0.25, 0.3) is 0 Å². The van der Waals surface area contributed by atoms with E-state index in [-0.39, 0.29) is 17.0 Å². The molecule has 3 aromatic rings. The molecule has 0 bridgehead atoms. The highest BCUT2D eigenvalue weighted by Gasteiger charge is 2.31. The van der Waals surface area contributed by atoms with Gasteiger partial charge < -0.3 is 21.7 Å². The standard InChI is InChI=1S/C20H17F3N2OS.BrH/c1-3-11-25-18(14-7-9-17(26-2)10-8-14)13-27-19(25)24-16-6-4-5-15(12-16)20(21,22)23;/h3-10,12-13H,1,11H2,2H3;1H. The predicted molar refractivity (Wildman–Crippen MR) is 101 cm³/mol. The molecule has 0 saturated heterocycles. The van der Waals surface area contributed by atoms with Gasteiger partial charge in [0.05, 0.1) is 12.7 Å². The van der Waals surface area contributed by atoms with E-state index >= 15 is 0 Å². The molecule has 3 nitrogen and oxygen atoms in total. The lowest BCUT2D eigenvalue weighted by atomic mass is 10.1. The number of hydrogen-bond donors (Lipinski definition) is 1. The van der Waals surface area contributed by atoms with Gasteiger partial charge in [-0.2, -0.15) is 13.2 Å². The maximum absolute atomic E-state index is 12.9. The van der Waals surface area contributed by atoms with Crippen LogP contribution in [0.5, 0.6) is 5.75 Å². The van der Waals surface area contributed by atoms with E-state index in [9.17, 15) is 13.2 Å². The van der Waals surface area contributed by atoms with E-state index in [0.717, 1.165) is 34.3 Å². The van der Waals surface area contributed by atoms with Crippen LogP contribution in [0.2, 0.25) is 0 Å². The minimum Gasteiger partial charge on any atom is -1.00 e. The van der Waals surface area contributed by atoms with Crippen molar-refractivity contribution in [3.8, 4) is 17.0 Å². The highest BCUT2D eigenvalue weighted by atomic mass is 79.9. The van der Waals surface area contributed by atoms with Crippen LogP contribution in [0.4, 0.5) is 24.0 Å². The summed E-state index contributed by atoms with van der Waals surface area (Å²) in [7, 11) is 1.61. The maximum Gasteiger partial charge on any atom is 0.416 e. The number of methoxy groups -OCH3 is 1. The molecule has 0 atom stereocenters. The minimum absolute atomic E-state index is 0. The summed E-state index contributed by atoms with van der Waals surface area (Å²) in [5.74, 6) is 0.756. The average molecular weight is 471 g/mol. The zero-order valence-electron chi connectivity index (χ0n) is 15.0. The van der Waals surface area contributed by atoms with Crippen LogP contribution in [0.25, 0.3) is 11.3 Å². The molecule has 0 fully saturated rings. The fourth-order valence-electron chi connectivity index (χ4n) is 2.64. The van der Waals surface area contributed by atoms with Crippen molar-refractivity contribution in [2.75, 3.05) is 12.4 Å². The number of rotatable bonds is 6. The van der Waals surface area contributed by atoms with Gasteiger partial charge in [-0.1, -0.05) is 30.1 Å². The summed E-state index contributed by atoms with van der Waals surface area (Å²) in [5.41, 5.74) is 1.61. The van der Waals surface area contributed by atoms with E-state index in [4.69, 9.17) is 4.74 Å². The highest BCUT2D eigenvalue weighted by Crippen LogP contribution is 2.32. The molecule has 8 heteroatoms. The number of aromatic nitrogens is 1. The molecule has 0 aliphatic carbocycles. The van der Waals surface area contributed by atoms with Gasteiger partial charge >= 0.3 is 11.3 Å². The number of anilines is 2. The fourth-order valence-corrected chi connectivity index (χ4v) is 3.60. The van der Waals surface area contributed by atoms with Crippen molar-refractivity contribution in [2.24, 2.45) is 0 Å². The summed E-state index contributed by atoms with van der Waals surface area (Å²) in [6, 6.07) is 12.8. The number of ether oxygens (including phenoxy) is 1. The fraction of sp³-hybridized carbons (Fsp3) is 0.150. The molecule has 0 aliphatic heterocycles. The number of alkyl halides is 3. The van der Waals surface area contributed by atoms with Gasteiger partial charge in [0.15, 0.2) is 0 Å². The summed E-state index contributed by atoms with van der Waals surface area (Å²) in [4.78, 5) is 0. The van der Waals surface area contributed by atoms with Crippen LogP contribution >= 0.6 is 11.3 Å². The van der Waals surface area contributed by atoms with Crippen molar-refractivity contribution in [2.45, 2.75) is 12.7 Å². The molecule has 1 aromatic heterocycles. The topological polar surface area (TPSA) is 25.1 Å². The van der Waals surface area contributed by atoms with Crippen molar-refractivity contribution < 1.29 is 39.5 Å². The van der Waals surface area contributed by atoms with Crippen molar-refractivity contribution >= 4 is 22.2 Å². The van der Waals surface area contributed by atoms with Crippen LogP contribution in [-0.2, 0) is 12.7 Å². The van der Waals surface area contributed by atoms with E-state index < -0.39 is 11.7 Å². The molecular weight excluding hydrogens is 453 g/mol. The van der Waals surface area contributed by atoms with E-state index in [1.165, 1.54) is 17.4 Å². The lowest BCUT2D eigenvalue weighted by Gasteiger charge is -2.08. The third-order valence-electron chi connectivity index (χ3n) is 3.96. The third kappa shape index (κ3) is 4.94. The summed E-state index contributed by atoms with van der Waals surface area (Å²) < 4.78 is 46.0. The molecule has 0 saturated carbocycles. The summed E-state index contributed by atoms with van der Waals surface area (Å²) in [6.45, 7) is 4.30. The van der Waals surface area contributed by atoms with Gasteiger partial charge in [0.1, 0.15) is 23.7 Å². The third-order valence-corrected chi connectivity index (χ3v) is 4.84. The second-order valence-corrected chi connectivity index (χ2v) is 6.62. The van der Waals surface area contributed by atoms with Crippen molar-refractivity contribution in [1.82, 2.24) is 0 Å². The Morgan fingerprint density at radius 3 is 2.50 bits per heavy atom. The Morgan fingerprint density at radius 1 is 1.18 bits per heavy atom. The monoisotopic (exact) mass is 470 g/mol. The predicted octanol–water partition coefficient (Wildman–Crippen LogP) is 2.66. The molecule has 3 rings (SSSR count). The first-order valence-electron chi connectivity index (χ1n) is 8.13. The lowest BCUT2D eigenvalue weighted by Crippen LogP contribution is -3.00. The van der Waals surface area contributed by atoms with Crippen molar-refractivity contribution in [1.29, 1.82) is 0 Å². The second-order valence-electron chi connectivity index (χ2n) is 5.76. The molecule has 0 radical (unpaired) electrons. The van der Waals surface area contributed by atoms with Crippen LogP contribution < -0.4 is 31.6 Å². The average Bonchev–Trinajstić information content (AvgIpc) is 3.04. The quantitative estimate of drug-likeness (QED) is 0.442. The van der Waals surface area contributed by atoms with Gasteiger partial charge in [-0.15, -0.1) is 0 Å². The number of benzene rings is 2. The molecule has 0 unspecified atom stereocenters. The van der Waals surface area contributed by atoms with E-state index in [0.29, 0.717) is 12.2 Å². The zero-order chi connectivity index (χ0) is 19.4. The van der Waals surface area contributed by atoms with Gasteiger partial charge in [-0.05, 0) is 42.5 Å². The van der Waals surface area contributed by atoms with E-state index in [2.05, 4.69) is 11.9 Å². The zero-order valence-corrected chi connectivity index (χ0v) is 17.4. The van der Waals surface area contributed by atoms with Gasteiger partial charge in [-0.25, -0.2) is 9.88 Å². The molecule has 0 spiro atoms. The molecule has 148 valence electrons. The molecule has 1 N–H and O–H groups in total. The Labute approximate surface area is 175 Å². The number of nitrogens with zero attached hydrogens (tertiary/aromatic N) is 1. The Morgan fingerprint density at radius 2 is 1.89 bits per heavy atom. The lowest BCUT2D eigenvalue weighted by molar-refractivity contribution is -0.657. The van der Waals surface area contributed by atoms with Crippen LogP contribution in [0.3, 0.4) is 0 Å². The Kier molecular flexibility index (Phi) is 7.26. The van der Waals surface area contributed by atoms with Gasteiger partial charge in [0.2, 0.25) is 0 Å². The summed E-state index contributed by atoms with van der Waals surface area (Å²) in [5, 5.41) is 5.77. The highest BCUT2D eigenvalue weighted by molar-refractivity contribution is 7.13. The molecule has 1 heterocycles. The van der Waals surface area contributed by atoms with Crippen LogP contribution in [-0.4, -0.2) is 7.11 Å². The maximum atomic E-state index is 12.9. The number of allylic oxidation sites excluding steroid dienone is 1. The number of hydrogen-bond acceptors (Lipinski definition) is 3. The van der Waals surface area contributed by atoms with Crippen molar-refractivity contribution in [3.05, 3.63) is 72.1 Å². The van der Waals surface area contributed by atoms with Gasteiger partial charge in [0, 0.05) is 10.9 Å². The molecular formula is C20H18BrF3N2OS. The molecule has 0 amide bonds. The second kappa shape index (κ2) is 9.25. The van der Waals surface area contributed by atoms with E-state index in [1.807, 2.05) is 34.2 Å². The Bertz CT molecular complexity index is 939. The van der Waals surface area contributed by atoms with Gasteiger partial charge in [-0.3, -0.25) is 0 Å². The Balaban J connectivity index is 0.00000280. The van der Waals surface area contributed by atoms with Crippen molar-refractivity contribution in [3.63, 3.8) is 0 Å². The first-order chi connectivity index (χ1) is 12.9. The first-order valence-corrected chi connectivity index (χ1v) is 9.01. The van der Waals surface area contributed by atoms with Crippen LogP contribution in [0.15, 0.2) is 66.6 Å².